The number of rotatable bonds is 4. The second-order valence-corrected chi connectivity index (χ2v) is 11.3. The van der Waals surface area contributed by atoms with Crippen LogP contribution in [0.4, 0.5) is 10.6 Å². The van der Waals surface area contributed by atoms with Crippen LogP contribution in [-0.2, 0) is 4.74 Å². The van der Waals surface area contributed by atoms with Crippen molar-refractivity contribution in [3.05, 3.63) is 22.7 Å². The summed E-state index contributed by atoms with van der Waals surface area (Å²) in [5, 5.41) is 10.6. The Labute approximate surface area is 217 Å². The maximum atomic E-state index is 12.8. The number of benzene rings is 1. The van der Waals surface area contributed by atoms with Crippen LogP contribution >= 0.6 is 11.6 Å². The minimum absolute atomic E-state index is 0.0607. The van der Waals surface area contributed by atoms with Gasteiger partial charge in [0.2, 0.25) is 0 Å². The Kier molecular flexibility index (Phi) is 7.48. The smallest absolute Gasteiger partial charge is 0.410 e. The van der Waals surface area contributed by atoms with Crippen LogP contribution in [0.5, 0.6) is 6.01 Å². The molecular formula is C26H35ClN6O3. The van der Waals surface area contributed by atoms with E-state index in [9.17, 15) is 10.1 Å². The van der Waals surface area contributed by atoms with Crippen LogP contribution in [0.1, 0.15) is 53.0 Å². The summed E-state index contributed by atoms with van der Waals surface area (Å²) >= 11 is 6.36. The van der Waals surface area contributed by atoms with Gasteiger partial charge in [-0.2, -0.15) is 15.2 Å². The first-order chi connectivity index (χ1) is 17.0. The van der Waals surface area contributed by atoms with E-state index < -0.39 is 5.60 Å². The van der Waals surface area contributed by atoms with Gasteiger partial charge in [0.05, 0.1) is 16.1 Å². The number of hydrogen-bond donors (Lipinski definition) is 0. The lowest BCUT2D eigenvalue weighted by Gasteiger charge is -2.45. The number of carbonyl (C=O) groups excluding carboxylic acids is 1. The van der Waals surface area contributed by atoms with Crippen molar-refractivity contribution in [2.75, 3.05) is 38.2 Å². The van der Waals surface area contributed by atoms with E-state index in [0.717, 1.165) is 24.8 Å². The van der Waals surface area contributed by atoms with Crippen LogP contribution in [0.15, 0.2) is 12.1 Å². The predicted octanol–water partition coefficient (Wildman–Crippen LogP) is 4.46. The molecule has 0 N–H and O–H groups in total. The van der Waals surface area contributed by atoms with Crippen molar-refractivity contribution in [3.63, 3.8) is 0 Å². The molecule has 2 aliphatic heterocycles. The molecule has 9 nitrogen and oxygen atoms in total. The summed E-state index contributed by atoms with van der Waals surface area (Å²) in [5.41, 5.74) is 0.423. The quantitative estimate of drug-likeness (QED) is 0.590. The Balaban J connectivity index is 1.67. The molecule has 3 heterocycles. The molecule has 2 aromatic rings. The summed E-state index contributed by atoms with van der Waals surface area (Å²) < 4.78 is 11.7. The summed E-state index contributed by atoms with van der Waals surface area (Å²) in [6, 6.07) is 6.08. The Morgan fingerprint density at radius 1 is 1.22 bits per heavy atom. The fraction of sp³-hybridized carbons (Fsp3) is 0.615. The van der Waals surface area contributed by atoms with E-state index >= 15 is 0 Å². The molecule has 0 bridgehead atoms. The number of ether oxygens (including phenoxy) is 2. The Morgan fingerprint density at radius 3 is 2.50 bits per heavy atom. The zero-order valence-corrected chi connectivity index (χ0v) is 22.7. The number of amides is 1. The molecule has 0 aliphatic carbocycles. The van der Waals surface area contributed by atoms with E-state index in [2.05, 4.69) is 41.7 Å². The molecule has 4 rings (SSSR count). The van der Waals surface area contributed by atoms with Crippen LogP contribution in [0.3, 0.4) is 0 Å². The third kappa shape index (κ3) is 5.60. The summed E-state index contributed by atoms with van der Waals surface area (Å²) in [4.78, 5) is 28.4. The number of anilines is 1. The van der Waals surface area contributed by atoms with Crippen LogP contribution in [-0.4, -0.2) is 82.9 Å². The van der Waals surface area contributed by atoms with Gasteiger partial charge in [-0.25, -0.2) is 4.79 Å². The molecule has 0 spiro atoms. The summed E-state index contributed by atoms with van der Waals surface area (Å²) in [6.07, 6.45) is 1.91. The van der Waals surface area contributed by atoms with Gasteiger partial charge in [0.1, 0.15) is 24.1 Å². The molecule has 36 heavy (non-hydrogen) atoms. The monoisotopic (exact) mass is 514 g/mol. The molecule has 2 saturated heterocycles. The Hall–Kier alpha value is -2.83. The van der Waals surface area contributed by atoms with Gasteiger partial charge in [0.15, 0.2) is 0 Å². The predicted molar refractivity (Wildman–Crippen MR) is 140 cm³/mol. The highest BCUT2D eigenvalue weighted by molar-refractivity contribution is 6.32. The highest BCUT2D eigenvalue weighted by Gasteiger charge is 2.36. The number of piperazine rings is 1. The fourth-order valence-electron chi connectivity index (χ4n) is 5.04. The van der Waals surface area contributed by atoms with Gasteiger partial charge in [0.25, 0.3) is 0 Å². The van der Waals surface area contributed by atoms with Gasteiger partial charge >= 0.3 is 12.1 Å². The number of likely N-dealkylation sites (N-methyl/N-ethyl adjacent to an activating group) is 1. The molecule has 2 aliphatic rings. The first-order valence-electron chi connectivity index (χ1n) is 12.5. The molecule has 1 amide bonds. The van der Waals surface area contributed by atoms with Gasteiger partial charge < -0.3 is 24.2 Å². The number of fused-ring (bicyclic) bond motifs is 1. The molecule has 0 unspecified atom stereocenters. The van der Waals surface area contributed by atoms with E-state index in [1.807, 2.05) is 20.8 Å². The Bertz CT molecular complexity index is 1160. The molecule has 0 saturated carbocycles. The minimum Gasteiger partial charge on any atom is -0.462 e. The highest BCUT2D eigenvalue weighted by Crippen LogP contribution is 2.34. The van der Waals surface area contributed by atoms with Crippen molar-refractivity contribution >= 4 is 34.4 Å². The van der Waals surface area contributed by atoms with Gasteiger partial charge in [-0.05, 0) is 73.2 Å². The number of carbonyl (C=O) groups is 1. The summed E-state index contributed by atoms with van der Waals surface area (Å²) in [7, 11) is 2.10. The SMILES string of the molecule is C[C@@H]1CN(C(=O)OC(C)(C)C)C[C@H](C)N1c1nc(OC[C@@H]2CCCN2C)nc2cc(Cl)c(C#N)cc12. The van der Waals surface area contributed by atoms with Crippen molar-refractivity contribution in [3.8, 4) is 12.1 Å². The lowest BCUT2D eigenvalue weighted by atomic mass is 10.1. The third-order valence-corrected chi connectivity index (χ3v) is 7.07. The summed E-state index contributed by atoms with van der Waals surface area (Å²) in [5.74, 6) is 0.673. The van der Waals surface area contributed by atoms with Crippen molar-refractivity contribution in [1.82, 2.24) is 19.8 Å². The van der Waals surface area contributed by atoms with E-state index in [0.29, 0.717) is 47.7 Å². The average molecular weight is 515 g/mol. The zero-order valence-electron chi connectivity index (χ0n) is 21.9. The van der Waals surface area contributed by atoms with Crippen molar-refractivity contribution in [1.29, 1.82) is 5.26 Å². The van der Waals surface area contributed by atoms with E-state index in [-0.39, 0.29) is 24.2 Å². The second kappa shape index (κ2) is 10.3. The number of hydrogen-bond acceptors (Lipinski definition) is 8. The first kappa shape index (κ1) is 26.2. The maximum absolute atomic E-state index is 12.8. The molecule has 1 aromatic carbocycles. The molecule has 3 atom stereocenters. The highest BCUT2D eigenvalue weighted by atomic mass is 35.5. The van der Waals surface area contributed by atoms with E-state index in [1.165, 1.54) is 0 Å². The maximum Gasteiger partial charge on any atom is 0.410 e. The Morgan fingerprint density at radius 2 is 1.92 bits per heavy atom. The van der Waals surface area contributed by atoms with E-state index in [1.54, 1.807) is 17.0 Å². The average Bonchev–Trinajstić information content (AvgIpc) is 3.20. The molecule has 194 valence electrons. The van der Waals surface area contributed by atoms with Crippen molar-refractivity contribution in [2.24, 2.45) is 0 Å². The zero-order chi connectivity index (χ0) is 26.2. The lowest BCUT2D eigenvalue weighted by Crippen LogP contribution is -2.59. The van der Waals surface area contributed by atoms with Crippen LogP contribution in [0.25, 0.3) is 10.9 Å². The normalized spacial score (nSPS) is 23.1. The second-order valence-electron chi connectivity index (χ2n) is 10.9. The fourth-order valence-corrected chi connectivity index (χ4v) is 5.24. The standard InChI is InChI=1S/C26H35ClN6O3/c1-16-13-32(25(34)36-26(3,4)5)14-17(2)33(16)23-20-10-18(12-28)21(27)11-22(20)29-24(30-23)35-15-19-8-7-9-31(19)6/h10-11,16-17,19H,7-9,13-15H2,1-6H3/t16-,17+,19-/m0/s1. The molecule has 0 radical (unpaired) electrons. The molecule has 2 fully saturated rings. The topological polar surface area (TPSA) is 94.8 Å². The molecule has 1 aromatic heterocycles. The number of nitriles is 1. The van der Waals surface area contributed by atoms with E-state index in [4.69, 9.17) is 26.1 Å². The van der Waals surface area contributed by atoms with Gasteiger partial charge in [-0.1, -0.05) is 11.6 Å². The van der Waals surface area contributed by atoms with Gasteiger partial charge in [0, 0.05) is 36.6 Å². The van der Waals surface area contributed by atoms with Gasteiger partial charge in [-0.15, -0.1) is 0 Å². The number of nitrogens with zero attached hydrogens (tertiary/aromatic N) is 6. The first-order valence-corrected chi connectivity index (χ1v) is 12.9. The summed E-state index contributed by atoms with van der Waals surface area (Å²) in [6.45, 7) is 12.2. The molecule has 10 heteroatoms. The van der Waals surface area contributed by atoms with Crippen molar-refractivity contribution < 1.29 is 14.3 Å². The van der Waals surface area contributed by atoms with Crippen molar-refractivity contribution in [2.45, 2.75) is 71.2 Å². The minimum atomic E-state index is -0.559. The largest absolute Gasteiger partial charge is 0.462 e. The molecular weight excluding hydrogens is 480 g/mol. The number of likely N-dealkylation sites (tertiary alicyclic amines) is 1. The lowest BCUT2D eigenvalue weighted by molar-refractivity contribution is 0.0192. The van der Waals surface area contributed by atoms with Crippen LogP contribution in [0.2, 0.25) is 5.02 Å². The van der Waals surface area contributed by atoms with Crippen LogP contribution in [0, 0.1) is 11.3 Å². The van der Waals surface area contributed by atoms with Gasteiger partial charge in [-0.3, -0.25) is 0 Å². The number of halogens is 1. The van der Waals surface area contributed by atoms with Crippen LogP contribution < -0.4 is 9.64 Å². The number of aromatic nitrogens is 2. The third-order valence-electron chi connectivity index (χ3n) is 6.76.